The lowest BCUT2D eigenvalue weighted by Crippen LogP contribution is -2.32. The third-order valence-corrected chi connectivity index (χ3v) is 4.33. The van der Waals surface area contributed by atoms with Gasteiger partial charge in [0, 0.05) is 11.5 Å². The first kappa shape index (κ1) is 14.6. The predicted octanol–water partition coefficient (Wildman–Crippen LogP) is 3.47. The third-order valence-electron chi connectivity index (χ3n) is 4.33. The third kappa shape index (κ3) is 2.29. The average molecular weight is 323 g/mol. The minimum absolute atomic E-state index is 0.345. The van der Waals surface area contributed by atoms with Gasteiger partial charge in [-0.3, -0.25) is 0 Å². The topological polar surface area (TPSA) is 51.9 Å². The lowest BCUT2D eigenvalue weighted by Gasteiger charge is -2.31. The van der Waals surface area contributed by atoms with Crippen molar-refractivity contribution in [3.8, 4) is 11.5 Å². The Hall–Kier alpha value is -2.95. The van der Waals surface area contributed by atoms with E-state index in [1.807, 2.05) is 43.3 Å². The summed E-state index contributed by atoms with van der Waals surface area (Å²) >= 11 is 0. The molecule has 0 saturated carbocycles. The smallest absolute Gasteiger partial charge is 0.336 e. The maximum Gasteiger partial charge on any atom is 0.336 e. The van der Waals surface area contributed by atoms with E-state index in [0.29, 0.717) is 18.9 Å². The van der Waals surface area contributed by atoms with Gasteiger partial charge in [-0.25, -0.2) is 4.79 Å². The number of ether oxygens (including phenoxy) is 2. The maximum absolute atomic E-state index is 11.8. The van der Waals surface area contributed by atoms with Crippen LogP contribution >= 0.6 is 0 Å². The summed E-state index contributed by atoms with van der Waals surface area (Å²) in [7, 11) is 1.65. The first-order valence-electron chi connectivity index (χ1n) is 7.74. The molecule has 0 amide bonds. The first-order chi connectivity index (χ1) is 11.7. The average Bonchev–Trinajstić information content (AvgIpc) is 2.61. The van der Waals surface area contributed by atoms with Gasteiger partial charge >= 0.3 is 5.63 Å². The molecule has 0 bridgehead atoms. The highest BCUT2D eigenvalue weighted by molar-refractivity contribution is 5.85. The molecule has 5 heteroatoms. The number of methoxy groups -OCH3 is 1. The Balaban J connectivity index is 1.84. The van der Waals surface area contributed by atoms with Crippen molar-refractivity contribution in [2.24, 2.45) is 0 Å². The van der Waals surface area contributed by atoms with E-state index in [4.69, 9.17) is 13.9 Å². The molecule has 2 heterocycles. The second kappa shape index (κ2) is 5.60. The zero-order chi connectivity index (χ0) is 16.7. The molecule has 4 rings (SSSR count). The molecule has 0 unspecified atom stereocenters. The van der Waals surface area contributed by atoms with Crippen molar-refractivity contribution in [3.05, 3.63) is 64.0 Å². The predicted molar refractivity (Wildman–Crippen MR) is 91.9 cm³/mol. The number of fused-ring (bicyclic) bond motifs is 3. The molecule has 1 aliphatic heterocycles. The van der Waals surface area contributed by atoms with Crippen LogP contribution in [0.15, 0.2) is 51.7 Å². The van der Waals surface area contributed by atoms with E-state index in [2.05, 4.69) is 4.90 Å². The zero-order valence-corrected chi connectivity index (χ0v) is 13.5. The second-order valence-electron chi connectivity index (χ2n) is 5.81. The molecule has 1 aliphatic rings. The van der Waals surface area contributed by atoms with Crippen LogP contribution in [-0.4, -0.2) is 13.8 Å². The monoisotopic (exact) mass is 323 g/mol. The van der Waals surface area contributed by atoms with Crippen LogP contribution < -0.4 is 20.0 Å². The summed E-state index contributed by atoms with van der Waals surface area (Å²) in [6.45, 7) is 2.90. The summed E-state index contributed by atoms with van der Waals surface area (Å²) in [4.78, 5) is 13.9. The van der Waals surface area contributed by atoms with Crippen molar-refractivity contribution in [2.75, 3.05) is 18.7 Å². The molecule has 0 aliphatic carbocycles. The standard InChI is InChI=1S/C19H17NO4/c1-12-9-18(21)24-19-13(12)7-8-16-14(19)10-20(11-23-16)15-5-3-4-6-17(15)22-2/h3-9H,10-11H2,1-2H3. The maximum atomic E-state index is 11.8. The van der Waals surface area contributed by atoms with E-state index in [-0.39, 0.29) is 5.63 Å². The summed E-state index contributed by atoms with van der Waals surface area (Å²) < 4.78 is 16.8. The van der Waals surface area contributed by atoms with Crippen molar-refractivity contribution in [3.63, 3.8) is 0 Å². The van der Waals surface area contributed by atoms with Crippen LogP contribution in [0.4, 0.5) is 5.69 Å². The van der Waals surface area contributed by atoms with Crippen molar-refractivity contribution in [2.45, 2.75) is 13.5 Å². The van der Waals surface area contributed by atoms with Gasteiger partial charge in [0.1, 0.15) is 17.1 Å². The molecule has 3 aromatic rings. The summed E-state index contributed by atoms with van der Waals surface area (Å²) in [6.07, 6.45) is 0. The van der Waals surface area contributed by atoms with Gasteiger partial charge in [0.2, 0.25) is 0 Å². The fraction of sp³-hybridized carbons (Fsp3) is 0.211. The molecule has 2 aromatic carbocycles. The summed E-state index contributed by atoms with van der Waals surface area (Å²) in [6, 6.07) is 13.2. The minimum Gasteiger partial charge on any atom is -0.495 e. The highest BCUT2D eigenvalue weighted by atomic mass is 16.5. The number of benzene rings is 2. The molecule has 0 saturated heterocycles. The number of anilines is 1. The highest BCUT2D eigenvalue weighted by Crippen LogP contribution is 2.37. The number of hydrogen-bond donors (Lipinski definition) is 0. The number of aryl methyl sites for hydroxylation is 1. The molecular formula is C19H17NO4. The molecule has 5 nitrogen and oxygen atoms in total. The van der Waals surface area contributed by atoms with Crippen LogP contribution in [0, 0.1) is 6.92 Å². The highest BCUT2D eigenvalue weighted by Gasteiger charge is 2.23. The Bertz CT molecular complexity index is 977. The Morgan fingerprint density at radius 2 is 2.00 bits per heavy atom. The Labute approximate surface area is 139 Å². The van der Waals surface area contributed by atoms with Crippen LogP contribution in [0.3, 0.4) is 0 Å². The van der Waals surface area contributed by atoms with Gasteiger partial charge in [-0.15, -0.1) is 0 Å². The van der Waals surface area contributed by atoms with Gasteiger partial charge in [0.05, 0.1) is 24.9 Å². The number of hydrogen-bond acceptors (Lipinski definition) is 5. The Morgan fingerprint density at radius 1 is 1.17 bits per heavy atom. The van der Waals surface area contributed by atoms with Crippen molar-refractivity contribution >= 4 is 16.7 Å². The van der Waals surface area contributed by atoms with E-state index in [0.717, 1.165) is 33.7 Å². The van der Waals surface area contributed by atoms with E-state index < -0.39 is 0 Å². The van der Waals surface area contributed by atoms with Crippen molar-refractivity contribution in [1.29, 1.82) is 0 Å². The second-order valence-corrected chi connectivity index (χ2v) is 5.81. The minimum atomic E-state index is -0.345. The van der Waals surface area contributed by atoms with Gasteiger partial charge in [-0.2, -0.15) is 0 Å². The SMILES string of the molecule is COc1ccccc1N1COc2ccc3c(C)cc(=O)oc3c2C1. The van der Waals surface area contributed by atoms with Gasteiger partial charge in [-0.1, -0.05) is 12.1 Å². The number of para-hydroxylation sites is 2. The van der Waals surface area contributed by atoms with Gasteiger partial charge in [0.15, 0.2) is 6.73 Å². The Morgan fingerprint density at radius 3 is 2.83 bits per heavy atom. The fourth-order valence-corrected chi connectivity index (χ4v) is 3.14. The summed E-state index contributed by atoms with van der Waals surface area (Å²) in [5.41, 5.74) is 2.97. The molecule has 0 N–H and O–H groups in total. The Kier molecular flexibility index (Phi) is 3.41. The fourth-order valence-electron chi connectivity index (χ4n) is 3.14. The lowest BCUT2D eigenvalue weighted by molar-refractivity contribution is 0.287. The first-order valence-corrected chi connectivity index (χ1v) is 7.74. The normalized spacial score (nSPS) is 13.5. The molecule has 24 heavy (non-hydrogen) atoms. The molecule has 1 aromatic heterocycles. The molecule has 122 valence electrons. The van der Waals surface area contributed by atoms with Crippen LogP contribution in [-0.2, 0) is 6.54 Å². The molecule has 0 radical (unpaired) electrons. The molecule has 0 spiro atoms. The number of rotatable bonds is 2. The van der Waals surface area contributed by atoms with E-state index >= 15 is 0 Å². The summed E-state index contributed by atoms with van der Waals surface area (Å²) in [5.74, 6) is 1.53. The van der Waals surface area contributed by atoms with Gasteiger partial charge in [-0.05, 0) is 36.8 Å². The van der Waals surface area contributed by atoms with Crippen LogP contribution in [0.25, 0.3) is 11.0 Å². The van der Waals surface area contributed by atoms with Crippen molar-refractivity contribution < 1.29 is 13.9 Å². The number of nitrogens with zero attached hydrogens (tertiary/aromatic N) is 1. The van der Waals surface area contributed by atoms with E-state index in [1.165, 1.54) is 6.07 Å². The van der Waals surface area contributed by atoms with E-state index in [9.17, 15) is 4.79 Å². The lowest BCUT2D eigenvalue weighted by atomic mass is 10.0. The van der Waals surface area contributed by atoms with Crippen LogP contribution in [0.2, 0.25) is 0 Å². The van der Waals surface area contributed by atoms with Gasteiger partial charge < -0.3 is 18.8 Å². The molecule has 0 atom stereocenters. The van der Waals surface area contributed by atoms with Crippen LogP contribution in [0.1, 0.15) is 11.1 Å². The largest absolute Gasteiger partial charge is 0.495 e. The molecular weight excluding hydrogens is 306 g/mol. The summed E-state index contributed by atoms with van der Waals surface area (Å²) in [5, 5.41) is 0.929. The van der Waals surface area contributed by atoms with Crippen molar-refractivity contribution in [1.82, 2.24) is 0 Å². The van der Waals surface area contributed by atoms with E-state index in [1.54, 1.807) is 7.11 Å². The quantitative estimate of drug-likeness (QED) is 0.676. The van der Waals surface area contributed by atoms with Gasteiger partial charge in [0.25, 0.3) is 0 Å². The zero-order valence-electron chi connectivity index (χ0n) is 13.5. The van der Waals surface area contributed by atoms with Crippen LogP contribution in [0.5, 0.6) is 11.5 Å². The molecule has 0 fully saturated rings.